The summed E-state index contributed by atoms with van der Waals surface area (Å²) in [7, 11) is 0. The Labute approximate surface area is 135 Å². The van der Waals surface area contributed by atoms with Gasteiger partial charge in [0.1, 0.15) is 11.7 Å². The number of aromatic nitrogens is 1. The molecule has 1 aromatic carbocycles. The lowest BCUT2D eigenvalue weighted by molar-refractivity contribution is -0.387. The average Bonchev–Trinajstić information content (AvgIpc) is 2.56. The van der Waals surface area contributed by atoms with Crippen LogP contribution in [0.2, 0.25) is 0 Å². The van der Waals surface area contributed by atoms with Crippen LogP contribution in [0.1, 0.15) is 16.1 Å². The Morgan fingerprint density at radius 3 is 2.67 bits per heavy atom. The molecule has 8 nitrogen and oxygen atoms in total. The summed E-state index contributed by atoms with van der Waals surface area (Å²) < 4.78 is 13.3. The number of carbonyl (C=O) groups excluding carboxylic acids is 2. The molecule has 2 amide bonds. The second-order valence-electron chi connectivity index (χ2n) is 4.89. The van der Waals surface area contributed by atoms with Crippen LogP contribution < -0.4 is 11.1 Å². The maximum atomic E-state index is 13.3. The average molecular weight is 332 g/mol. The van der Waals surface area contributed by atoms with E-state index in [0.717, 1.165) is 12.1 Å². The topological polar surface area (TPSA) is 128 Å². The van der Waals surface area contributed by atoms with Gasteiger partial charge in [-0.2, -0.15) is 4.39 Å². The number of nitro benzene ring substituents is 1. The summed E-state index contributed by atoms with van der Waals surface area (Å²) in [5.41, 5.74) is 4.92. The molecule has 3 N–H and O–H groups in total. The summed E-state index contributed by atoms with van der Waals surface area (Å²) >= 11 is 0. The zero-order chi connectivity index (χ0) is 17.7. The van der Waals surface area contributed by atoms with E-state index in [1.165, 1.54) is 18.3 Å². The minimum Gasteiger partial charge on any atom is -0.368 e. The summed E-state index contributed by atoms with van der Waals surface area (Å²) in [5.74, 6) is -2.43. The molecule has 0 fully saturated rings. The molecule has 1 aromatic heterocycles. The van der Waals surface area contributed by atoms with Crippen molar-refractivity contribution in [2.75, 3.05) is 0 Å². The highest BCUT2D eigenvalue weighted by molar-refractivity contribution is 5.95. The van der Waals surface area contributed by atoms with Gasteiger partial charge < -0.3 is 11.1 Å². The highest BCUT2D eigenvalue weighted by atomic mass is 19.1. The lowest BCUT2D eigenvalue weighted by Gasteiger charge is -2.15. The molecule has 1 atom stereocenters. The van der Waals surface area contributed by atoms with Gasteiger partial charge in [0, 0.05) is 18.7 Å². The van der Waals surface area contributed by atoms with Gasteiger partial charge in [0.05, 0.1) is 4.92 Å². The lowest BCUT2D eigenvalue weighted by atomic mass is 10.0. The van der Waals surface area contributed by atoms with E-state index in [9.17, 15) is 24.1 Å². The second kappa shape index (κ2) is 7.27. The summed E-state index contributed by atoms with van der Waals surface area (Å²) in [5, 5.41) is 13.2. The number of benzene rings is 1. The molecule has 9 heteroatoms. The maximum absolute atomic E-state index is 13.3. The minimum atomic E-state index is -1.12. The monoisotopic (exact) mass is 332 g/mol. The van der Waals surface area contributed by atoms with Gasteiger partial charge in [-0.3, -0.25) is 24.7 Å². The Kier molecular flexibility index (Phi) is 5.15. The van der Waals surface area contributed by atoms with Crippen LogP contribution in [0.4, 0.5) is 10.1 Å². The standard InChI is InChI=1S/C15H13FN4O4/c16-10-5-4-9(8-13(10)20(23)24)7-12(14(17)21)19-15(22)11-3-1-2-6-18-11/h1-6,8,12H,7H2,(H2,17,21)(H,19,22)/t12-/m0/s1. The first-order valence-corrected chi connectivity index (χ1v) is 6.82. The number of nitrogens with one attached hydrogen (secondary N) is 1. The molecular formula is C15H13FN4O4. The number of nitro groups is 1. The predicted octanol–water partition coefficient (Wildman–Crippen LogP) is 0.955. The molecule has 2 rings (SSSR count). The molecule has 0 saturated carbocycles. The third kappa shape index (κ3) is 4.09. The van der Waals surface area contributed by atoms with Crippen LogP contribution in [0.15, 0.2) is 42.6 Å². The maximum Gasteiger partial charge on any atom is 0.305 e. The first-order chi connectivity index (χ1) is 11.4. The van der Waals surface area contributed by atoms with E-state index < -0.39 is 34.3 Å². The quantitative estimate of drug-likeness (QED) is 0.601. The zero-order valence-electron chi connectivity index (χ0n) is 12.3. The molecule has 0 aliphatic carbocycles. The van der Waals surface area contributed by atoms with E-state index >= 15 is 0 Å². The SMILES string of the molecule is NC(=O)[C@H](Cc1ccc(F)c([N+](=O)[O-])c1)NC(=O)c1ccccn1. The number of nitrogens with zero attached hydrogens (tertiary/aromatic N) is 2. The summed E-state index contributed by atoms with van der Waals surface area (Å²) in [6, 6.07) is 6.76. The number of pyridine rings is 1. The lowest BCUT2D eigenvalue weighted by Crippen LogP contribution is -2.46. The van der Waals surface area contributed by atoms with Gasteiger partial charge in [0.15, 0.2) is 0 Å². The number of nitrogens with two attached hydrogens (primary N) is 1. The number of hydrogen-bond acceptors (Lipinski definition) is 5. The molecular weight excluding hydrogens is 319 g/mol. The van der Waals surface area contributed by atoms with Crippen molar-refractivity contribution in [2.45, 2.75) is 12.5 Å². The van der Waals surface area contributed by atoms with Gasteiger partial charge in [-0.1, -0.05) is 12.1 Å². The molecule has 0 unspecified atom stereocenters. The van der Waals surface area contributed by atoms with Gasteiger partial charge in [0.25, 0.3) is 5.91 Å². The van der Waals surface area contributed by atoms with Crippen LogP contribution in [-0.4, -0.2) is 27.8 Å². The molecule has 1 heterocycles. The smallest absolute Gasteiger partial charge is 0.305 e. The number of amides is 2. The van der Waals surface area contributed by atoms with Crippen molar-refractivity contribution in [3.05, 3.63) is 69.8 Å². The van der Waals surface area contributed by atoms with Crippen molar-refractivity contribution in [3.63, 3.8) is 0 Å². The van der Waals surface area contributed by atoms with E-state index in [0.29, 0.717) is 0 Å². The van der Waals surface area contributed by atoms with Crippen LogP contribution in [0, 0.1) is 15.9 Å². The van der Waals surface area contributed by atoms with Crippen molar-refractivity contribution in [1.82, 2.24) is 10.3 Å². The van der Waals surface area contributed by atoms with E-state index in [1.807, 2.05) is 0 Å². The third-order valence-corrected chi connectivity index (χ3v) is 3.19. The zero-order valence-corrected chi connectivity index (χ0v) is 12.3. The van der Waals surface area contributed by atoms with Crippen LogP contribution in [0.25, 0.3) is 0 Å². The molecule has 0 aliphatic heterocycles. The molecule has 0 aliphatic rings. The Morgan fingerprint density at radius 1 is 1.33 bits per heavy atom. The highest BCUT2D eigenvalue weighted by Gasteiger charge is 2.22. The van der Waals surface area contributed by atoms with E-state index in [-0.39, 0.29) is 17.7 Å². The number of carbonyl (C=O) groups is 2. The van der Waals surface area contributed by atoms with Crippen molar-refractivity contribution in [1.29, 1.82) is 0 Å². The Bertz CT molecular complexity index is 782. The summed E-state index contributed by atoms with van der Waals surface area (Å²) in [6.45, 7) is 0. The summed E-state index contributed by atoms with van der Waals surface area (Å²) in [4.78, 5) is 37.3. The van der Waals surface area contributed by atoms with Gasteiger partial charge in [-0.25, -0.2) is 0 Å². The van der Waals surface area contributed by atoms with Gasteiger partial charge in [-0.05, 0) is 23.8 Å². The van der Waals surface area contributed by atoms with Crippen LogP contribution in [0.5, 0.6) is 0 Å². The highest BCUT2D eigenvalue weighted by Crippen LogP contribution is 2.19. The Hall–Kier alpha value is -3.36. The molecule has 0 bridgehead atoms. The fourth-order valence-electron chi connectivity index (χ4n) is 2.01. The van der Waals surface area contributed by atoms with E-state index in [1.54, 1.807) is 12.1 Å². The number of hydrogen-bond donors (Lipinski definition) is 2. The normalized spacial score (nSPS) is 11.5. The molecule has 0 radical (unpaired) electrons. The largest absolute Gasteiger partial charge is 0.368 e. The molecule has 2 aromatic rings. The minimum absolute atomic E-state index is 0.0915. The number of primary amides is 1. The van der Waals surface area contributed by atoms with E-state index in [4.69, 9.17) is 5.73 Å². The van der Waals surface area contributed by atoms with Crippen molar-refractivity contribution < 1.29 is 18.9 Å². The Morgan fingerprint density at radius 2 is 2.08 bits per heavy atom. The van der Waals surface area contributed by atoms with E-state index in [2.05, 4.69) is 10.3 Å². The first kappa shape index (κ1) is 17.0. The molecule has 124 valence electrons. The van der Waals surface area contributed by atoms with Crippen LogP contribution in [-0.2, 0) is 11.2 Å². The summed E-state index contributed by atoms with van der Waals surface area (Å²) in [6.07, 6.45) is 1.30. The number of halogens is 1. The fourth-order valence-corrected chi connectivity index (χ4v) is 2.01. The first-order valence-electron chi connectivity index (χ1n) is 6.82. The second-order valence-corrected chi connectivity index (χ2v) is 4.89. The fraction of sp³-hybridized carbons (Fsp3) is 0.133. The number of rotatable bonds is 6. The van der Waals surface area contributed by atoms with Crippen molar-refractivity contribution >= 4 is 17.5 Å². The van der Waals surface area contributed by atoms with Gasteiger partial charge in [-0.15, -0.1) is 0 Å². The molecule has 0 spiro atoms. The molecule has 24 heavy (non-hydrogen) atoms. The van der Waals surface area contributed by atoms with Gasteiger partial charge in [0.2, 0.25) is 11.7 Å². The van der Waals surface area contributed by atoms with Crippen LogP contribution >= 0.6 is 0 Å². The molecule has 0 saturated heterocycles. The van der Waals surface area contributed by atoms with Gasteiger partial charge >= 0.3 is 5.69 Å². The van der Waals surface area contributed by atoms with Crippen LogP contribution in [0.3, 0.4) is 0 Å². The predicted molar refractivity (Wildman–Crippen MR) is 81.4 cm³/mol. The van der Waals surface area contributed by atoms with Crippen molar-refractivity contribution in [2.24, 2.45) is 5.73 Å². The van der Waals surface area contributed by atoms with Crippen molar-refractivity contribution in [3.8, 4) is 0 Å². The third-order valence-electron chi connectivity index (χ3n) is 3.19. The Balaban J connectivity index is 2.17.